The summed E-state index contributed by atoms with van der Waals surface area (Å²) in [5.41, 5.74) is 2.64. The van der Waals surface area contributed by atoms with Gasteiger partial charge in [-0.2, -0.15) is 0 Å². The summed E-state index contributed by atoms with van der Waals surface area (Å²) < 4.78 is 0. The molecule has 0 aliphatic carbocycles. The number of aryl methyl sites for hydroxylation is 1. The van der Waals surface area contributed by atoms with Crippen LogP contribution >= 0.6 is 11.3 Å². The minimum Gasteiger partial charge on any atom is -0.380 e. The summed E-state index contributed by atoms with van der Waals surface area (Å²) in [7, 11) is 0. The maximum absolute atomic E-state index is 3.52. The first-order chi connectivity index (χ1) is 10.3. The fourth-order valence-corrected chi connectivity index (χ4v) is 3.72. The third-order valence-corrected chi connectivity index (χ3v) is 5.32. The van der Waals surface area contributed by atoms with Crippen LogP contribution in [0.3, 0.4) is 0 Å². The van der Waals surface area contributed by atoms with E-state index in [1.54, 1.807) is 0 Å². The van der Waals surface area contributed by atoms with E-state index in [0.29, 0.717) is 0 Å². The number of benzene rings is 1. The standard InChI is InChI=1S/C18H24N2S/c1-2-17-9-10-18(21-17)13-19-16-7-5-15(6-8-16)14-20-11-3-4-12-20/h5-10,19H,2-4,11-14H2,1H3. The van der Waals surface area contributed by atoms with Gasteiger partial charge in [0.1, 0.15) is 0 Å². The Morgan fingerprint density at radius 1 is 1.00 bits per heavy atom. The van der Waals surface area contributed by atoms with E-state index in [1.165, 1.54) is 46.9 Å². The van der Waals surface area contributed by atoms with Crippen molar-refractivity contribution in [2.45, 2.75) is 39.3 Å². The molecule has 0 bridgehead atoms. The monoisotopic (exact) mass is 300 g/mol. The number of nitrogens with one attached hydrogen (secondary N) is 1. The van der Waals surface area contributed by atoms with Gasteiger partial charge in [0.05, 0.1) is 0 Å². The minimum absolute atomic E-state index is 0.927. The summed E-state index contributed by atoms with van der Waals surface area (Å²) in [4.78, 5) is 5.42. The van der Waals surface area contributed by atoms with Crippen molar-refractivity contribution < 1.29 is 0 Å². The molecule has 1 fully saturated rings. The van der Waals surface area contributed by atoms with Gasteiger partial charge in [-0.25, -0.2) is 0 Å². The van der Waals surface area contributed by atoms with Gasteiger partial charge in [-0.1, -0.05) is 19.1 Å². The molecule has 1 aromatic carbocycles. The highest BCUT2D eigenvalue weighted by molar-refractivity contribution is 7.12. The molecule has 1 aliphatic heterocycles. The van der Waals surface area contributed by atoms with Crippen LogP contribution in [0.25, 0.3) is 0 Å². The molecule has 112 valence electrons. The summed E-state index contributed by atoms with van der Waals surface area (Å²) in [6.07, 6.45) is 3.86. The van der Waals surface area contributed by atoms with Crippen molar-refractivity contribution in [1.82, 2.24) is 4.90 Å². The summed E-state index contributed by atoms with van der Waals surface area (Å²) in [5, 5.41) is 3.52. The normalized spacial score (nSPS) is 15.5. The number of rotatable bonds is 6. The summed E-state index contributed by atoms with van der Waals surface area (Å²) >= 11 is 1.91. The van der Waals surface area contributed by atoms with Gasteiger partial charge in [0.15, 0.2) is 0 Å². The van der Waals surface area contributed by atoms with E-state index in [-0.39, 0.29) is 0 Å². The third kappa shape index (κ3) is 4.08. The van der Waals surface area contributed by atoms with Gasteiger partial charge in [-0.3, -0.25) is 4.90 Å². The van der Waals surface area contributed by atoms with Crippen LogP contribution in [0.1, 0.15) is 35.1 Å². The number of nitrogens with zero attached hydrogens (tertiary/aromatic N) is 1. The van der Waals surface area contributed by atoms with E-state index in [0.717, 1.165) is 19.5 Å². The predicted molar refractivity (Wildman–Crippen MR) is 92.0 cm³/mol. The summed E-state index contributed by atoms with van der Waals surface area (Å²) in [6, 6.07) is 13.4. The van der Waals surface area contributed by atoms with E-state index in [1.807, 2.05) is 11.3 Å². The fourth-order valence-electron chi connectivity index (χ4n) is 2.82. The zero-order valence-electron chi connectivity index (χ0n) is 12.8. The maximum atomic E-state index is 3.52. The van der Waals surface area contributed by atoms with E-state index in [2.05, 4.69) is 53.5 Å². The molecule has 0 spiro atoms. The van der Waals surface area contributed by atoms with Crippen molar-refractivity contribution in [1.29, 1.82) is 0 Å². The zero-order chi connectivity index (χ0) is 14.5. The summed E-state index contributed by atoms with van der Waals surface area (Å²) in [5.74, 6) is 0. The van der Waals surface area contributed by atoms with Crippen LogP contribution in [-0.2, 0) is 19.5 Å². The van der Waals surface area contributed by atoms with E-state index in [4.69, 9.17) is 0 Å². The van der Waals surface area contributed by atoms with E-state index < -0.39 is 0 Å². The average molecular weight is 300 g/mol. The number of anilines is 1. The van der Waals surface area contributed by atoms with Gasteiger partial charge in [0.2, 0.25) is 0 Å². The van der Waals surface area contributed by atoms with Crippen LogP contribution in [0.5, 0.6) is 0 Å². The third-order valence-electron chi connectivity index (χ3n) is 4.09. The van der Waals surface area contributed by atoms with Crippen molar-refractivity contribution >= 4 is 17.0 Å². The van der Waals surface area contributed by atoms with Crippen LogP contribution in [0.4, 0.5) is 5.69 Å². The second-order valence-corrected chi connectivity index (χ2v) is 7.01. The molecule has 1 saturated heterocycles. The largest absolute Gasteiger partial charge is 0.380 e. The number of thiophene rings is 1. The molecule has 3 rings (SSSR count). The quantitative estimate of drug-likeness (QED) is 0.844. The highest BCUT2D eigenvalue weighted by Crippen LogP contribution is 2.19. The first-order valence-electron chi connectivity index (χ1n) is 7.96. The summed E-state index contributed by atoms with van der Waals surface area (Å²) in [6.45, 7) is 6.76. The van der Waals surface area contributed by atoms with Crippen molar-refractivity contribution in [3.63, 3.8) is 0 Å². The van der Waals surface area contributed by atoms with Crippen molar-refractivity contribution in [3.8, 4) is 0 Å². The molecular formula is C18H24N2S. The molecule has 1 aromatic heterocycles. The van der Waals surface area contributed by atoms with Gasteiger partial charge in [-0.15, -0.1) is 11.3 Å². The Kier molecular flexibility index (Phi) is 4.94. The second kappa shape index (κ2) is 7.10. The van der Waals surface area contributed by atoms with E-state index in [9.17, 15) is 0 Å². The zero-order valence-corrected chi connectivity index (χ0v) is 13.6. The lowest BCUT2D eigenvalue weighted by molar-refractivity contribution is 0.331. The lowest BCUT2D eigenvalue weighted by atomic mass is 10.2. The van der Waals surface area contributed by atoms with Crippen LogP contribution in [0.2, 0.25) is 0 Å². The Morgan fingerprint density at radius 3 is 2.38 bits per heavy atom. The first-order valence-corrected chi connectivity index (χ1v) is 8.78. The Labute approximate surface area is 131 Å². The van der Waals surface area contributed by atoms with Crippen molar-refractivity contribution in [2.75, 3.05) is 18.4 Å². The van der Waals surface area contributed by atoms with E-state index >= 15 is 0 Å². The Morgan fingerprint density at radius 2 is 1.71 bits per heavy atom. The number of hydrogen-bond acceptors (Lipinski definition) is 3. The van der Waals surface area contributed by atoms with Crippen molar-refractivity contribution in [3.05, 3.63) is 51.7 Å². The molecule has 0 radical (unpaired) electrons. The highest BCUT2D eigenvalue weighted by Gasteiger charge is 2.11. The minimum atomic E-state index is 0.927. The van der Waals surface area contributed by atoms with Crippen LogP contribution < -0.4 is 5.32 Å². The van der Waals surface area contributed by atoms with Crippen LogP contribution in [-0.4, -0.2) is 18.0 Å². The number of hydrogen-bond donors (Lipinski definition) is 1. The molecule has 1 aliphatic rings. The Bertz CT molecular complexity index is 553. The molecule has 3 heteroatoms. The average Bonchev–Trinajstić information content (AvgIpc) is 3.18. The lowest BCUT2D eigenvalue weighted by Crippen LogP contribution is -2.18. The molecule has 2 aromatic rings. The van der Waals surface area contributed by atoms with Gasteiger partial charge >= 0.3 is 0 Å². The second-order valence-electron chi connectivity index (χ2n) is 5.76. The predicted octanol–water partition coefficient (Wildman–Crippen LogP) is 4.52. The molecule has 2 heterocycles. The highest BCUT2D eigenvalue weighted by atomic mass is 32.1. The van der Waals surface area contributed by atoms with Gasteiger partial charge in [0.25, 0.3) is 0 Å². The maximum Gasteiger partial charge on any atom is 0.0494 e. The molecule has 21 heavy (non-hydrogen) atoms. The fraction of sp³-hybridized carbons (Fsp3) is 0.444. The molecule has 2 nitrogen and oxygen atoms in total. The molecule has 0 amide bonds. The Hall–Kier alpha value is -1.32. The lowest BCUT2D eigenvalue weighted by Gasteiger charge is -2.14. The van der Waals surface area contributed by atoms with Crippen LogP contribution in [0, 0.1) is 0 Å². The van der Waals surface area contributed by atoms with Gasteiger partial charge in [-0.05, 0) is 62.2 Å². The number of likely N-dealkylation sites (tertiary alicyclic amines) is 1. The first kappa shape index (κ1) is 14.6. The molecule has 1 N–H and O–H groups in total. The molecule has 0 unspecified atom stereocenters. The van der Waals surface area contributed by atoms with Crippen molar-refractivity contribution in [2.24, 2.45) is 0 Å². The topological polar surface area (TPSA) is 15.3 Å². The molecule has 0 saturated carbocycles. The smallest absolute Gasteiger partial charge is 0.0494 e. The SMILES string of the molecule is CCc1ccc(CNc2ccc(CN3CCCC3)cc2)s1. The van der Waals surface area contributed by atoms with Crippen LogP contribution in [0.15, 0.2) is 36.4 Å². The Balaban J connectivity index is 1.51. The van der Waals surface area contributed by atoms with Gasteiger partial charge in [0, 0.05) is 28.5 Å². The van der Waals surface area contributed by atoms with Gasteiger partial charge < -0.3 is 5.32 Å². The molecular weight excluding hydrogens is 276 g/mol. The molecule has 0 atom stereocenters.